The van der Waals surface area contributed by atoms with Crippen LogP contribution in [0.4, 0.5) is 0 Å². The molecule has 0 aliphatic rings. The van der Waals surface area contributed by atoms with Crippen LogP contribution in [0.25, 0.3) is 17.4 Å². The number of halogens is 2. The van der Waals surface area contributed by atoms with Gasteiger partial charge in [-0.2, -0.15) is 5.26 Å². The number of rotatable bonds is 7. The molecule has 1 aromatic heterocycles. The Balaban J connectivity index is 1.75. The molecule has 3 rings (SSSR count). The number of ether oxygens (including phenoxy) is 2. The molecule has 0 radical (unpaired) electrons. The molecule has 8 heteroatoms. The molecule has 1 amide bonds. The van der Waals surface area contributed by atoms with Gasteiger partial charge in [-0.25, -0.2) is 0 Å². The third-order valence-electron chi connectivity index (χ3n) is 4.43. The summed E-state index contributed by atoms with van der Waals surface area (Å²) in [6.07, 6.45) is 1.36. The van der Waals surface area contributed by atoms with Crippen molar-refractivity contribution in [3.63, 3.8) is 0 Å². The second-order valence-electron chi connectivity index (χ2n) is 6.33. The Labute approximate surface area is 189 Å². The molecule has 3 aromatic rings. The highest BCUT2D eigenvalue weighted by atomic mass is 35.5. The lowest BCUT2D eigenvalue weighted by Gasteiger charge is -2.11. The molecule has 158 valence electrons. The van der Waals surface area contributed by atoms with E-state index in [9.17, 15) is 10.1 Å². The number of methoxy groups -OCH3 is 2. The van der Waals surface area contributed by atoms with Crippen LogP contribution in [0.15, 0.2) is 58.5 Å². The normalized spacial score (nSPS) is 11.0. The van der Waals surface area contributed by atoms with Crippen LogP contribution < -0.4 is 14.8 Å². The van der Waals surface area contributed by atoms with Gasteiger partial charge in [0.15, 0.2) is 0 Å². The van der Waals surface area contributed by atoms with Crippen molar-refractivity contribution in [3.8, 4) is 28.9 Å². The summed E-state index contributed by atoms with van der Waals surface area (Å²) in [6.45, 7) is 0.173. The molecule has 0 aliphatic carbocycles. The highest BCUT2D eigenvalue weighted by Gasteiger charge is 2.14. The van der Waals surface area contributed by atoms with Crippen LogP contribution >= 0.6 is 23.2 Å². The average molecular weight is 457 g/mol. The number of furan rings is 1. The van der Waals surface area contributed by atoms with Gasteiger partial charge in [-0.15, -0.1) is 0 Å². The lowest BCUT2D eigenvalue weighted by atomic mass is 10.1. The summed E-state index contributed by atoms with van der Waals surface area (Å²) in [7, 11) is 3.09. The summed E-state index contributed by atoms with van der Waals surface area (Å²) in [5.74, 6) is 1.47. The lowest BCUT2D eigenvalue weighted by Crippen LogP contribution is -2.24. The van der Waals surface area contributed by atoms with E-state index >= 15 is 0 Å². The maximum absolute atomic E-state index is 12.5. The van der Waals surface area contributed by atoms with Crippen LogP contribution in [0.5, 0.6) is 11.5 Å². The number of nitriles is 1. The minimum Gasteiger partial charge on any atom is -0.497 e. The minimum atomic E-state index is -0.542. The van der Waals surface area contributed by atoms with Crippen LogP contribution in [-0.4, -0.2) is 20.1 Å². The van der Waals surface area contributed by atoms with E-state index < -0.39 is 5.91 Å². The van der Waals surface area contributed by atoms with Crippen molar-refractivity contribution in [2.75, 3.05) is 14.2 Å². The van der Waals surface area contributed by atoms with E-state index in [-0.39, 0.29) is 12.1 Å². The van der Waals surface area contributed by atoms with Gasteiger partial charge in [0, 0.05) is 29.8 Å². The first kappa shape index (κ1) is 22.3. The van der Waals surface area contributed by atoms with Crippen LogP contribution in [0.1, 0.15) is 11.3 Å². The van der Waals surface area contributed by atoms with Crippen LogP contribution in [0.2, 0.25) is 10.0 Å². The SMILES string of the molecule is COc1ccc(CNC(=O)/C(C#N)=C/c2ccc(-c3cccc(Cl)c3Cl)o2)c(OC)c1. The maximum Gasteiger partial charge on any atom is 0.262 e. The van der Waals surface area contributed by atoms with Crippen LogP contribution in [0, 0.1) is 11.3 Å². The molecule has 0 bridgehead atoms. The fraction of sp³-hybridized carbons (Fsp3) is 0.130. The number of carbonyl (C=O) groups excluding carboxylic acids is 1. The lowest BCUT2D eigenvalue weighted by molar-refractivity contribution is -0.117. The standard InChI is InChI=1S/C23H18Cl2N2O4/c1-29-16-7-6-14(21(11-16)30-2)13-27-23(28)15(12-26)10-17-8-9-20(31-17)18-4-3-5-19(24)22(18)25/h3-11H,13H2,1-2H3,(H,27,28)/b15-10+. The Bertz CT molecular complexity index is 1180. The summed E-state index contributed by atoms with van der Waals surface area (Å²) in [4.78, 5) is 12.5. The maximum atomic E-state index is 12.5. The molecule has 0 spiro atoms. The summed E-state index contributed by atoms with van der Waals surface area (Å²) < 4.78 is 16.2. The molecule has 0 unspecified atom stereocenters. The quantitative estimate of drug-likeness (QED) is 0.375. The van der Waals surface area contributed by atoms with Gasteiger partial charge < -0.3 is 19.2 Å². The topological polar surface area (TPSA) is 84.5 Å². The number of nitrogens with one attached hydrogen (secondary N) is 1. The predicted octanol–water partition coefficient (Wildman–Crippen LogP) is 5.49. The first-order valence-corrected chi connectivity index (χ1v) is 9.87. The van der Waals surface area contributed by atoms with Crippen molar-refractivity contribution in [2.24, 2.45) is 0 Å². The van der Waals surface area contributed by atoms with E-state index in [1.807, 2.05) is 6.07 Å². The van der Waals surface area contributed by atoms with E-state index in [1.165, 1.54) is 13.2 Å². The largest absolute Gasteiger partial charge is 0.497 e. The molecule has 1 N–H and O–H groups in total. The van der Waals surface area contributed by atoms with E-state index in [4.69, 9.17) is 37.1 Å². The first-order valence-electron chi connectivity index (χ1n) is 9.12. The van der Waals surface area contributed by atoms with E-state index in [0.29, 0.717) is 38.6 Å². The third kappa shape index (κ3) is 5.21. The minimum absolute atomic E-state index is 0.106. The van der Waals surface area contributed by atoms with Crippen molar-refractivity contribution in [1.29, 1.82) is 5.26 Å². The number of hydrogen-bond acceptors (Lipinski definition) is 5. The van der Waals surface area contributed by atoms with Gasteiger partial charge >= 0.3 is 0 Å². The van der Waals surface area contributed by atoms with Crippen molar-refractivity contribution >= 4 is 35.2 Å². The number of carbonyl (C=O) groups is 1. The molecular formula is C23H18Cl2N2O4. The van der Waals surface area contributed by atoms with Crippen molar-refractivity contribution in [2.45, 2.75) is 6.54 Å². The number of benzene rings is 2. The Morgan fingerprint density at radius 1 is 1.16 bits per heavy atom. The molecule has 2 aromatic carbocycles. The molecule has 0 saturated carbocycles. The van der Waals surface area contributed by atoms with E-state index in [0.717, 1.165) is 5.56 Å². The molecule has 0 saturated heterocycles. The predicted molar refractivity (Wildman–Crippen MR) is 119 cm³/mol. The molecule has 0 fully saturated rings. The van der Waals surface area contributed by atoms with Gasteiger partial charge in [-0.05, 0) is 36.4 Å². The van der Waals surface area contributed by atoms with E-state index in [2.05, 4.69) is 5.32 Å². The zero-order valence-corrected chi connectivity index (χ0v) is 18.3. The van der Waals surface area contributed by atoms with Gasteiger partial charge in [-0.1, -0.05) is 29.3 Å². The van der Waals surface area contributed by atoms with Gasteiger partial charge in [0.1, 0.15) is 34.7 Å². The van der Waals surface area contributed by atoms with Gasteiger partial charge in [0.25, 0.3) is 5.91 Å². The molecule has 31 heavy (non-hydrogen) atoms. The first-order chi connectivity index (χ1) is 15.0. The Morgan fingerprint density at radius 2 is 1.97 bits per heavy atom. The average Bonchev–Trinajstić information content (AvgIpc) is 3.25. The molecule has 1 heterocycles. The number of amides is 1. The van der Waals surface area contributed by atoms with Crippen molar-refractivity contribution in [3.05, 3.63) is 75.5 Å². The van der Waals surface area contributed by atoms with Gasteiger partial charge in [0.05, 0.1) is 24.3 Å². The Kier molecular flexibility index (Phi) is 7.24. The fourth-order valence-electron chi connectivity index (χ4n) is 2.83. The Hall–Kier alpha value is -3.40. The van der Waals surface area contributed by atoms with E-state index in [1.54, 1.807) is 55.6 Å². The fourth-order valence-corrected chi connectivity index (χ4v) is 3.22. The highest BCUT2D eigenvalue weighted by molar-refractivity contribution is 6.43. The van der Waals surface area contributed by atoms with Gasteiger partial charge in [-0.3, -0.25) is 4.79 Å². The van der Waals surface area contributed by atoms with Crippen molar-refractivity contribution < 1.29 is 18.7 Å². The van der Waals surface area contributed by atoms with Gasteiger partial charge in [0.2, 0.25) is 0 Å². The molecule has 0 aliphatic heterocycles. The summed E-state index contributed by atoms with van der Waals surface area (Å²) in [6, 6.07) is 15.7. The van der Waals surface area contributed by atoms with Crippen molar-refractivity contribution in [1.82, 2.24) is 5.32 Å². The second kappa shape index (κ2) is 10.1. The summed E-state index contributed by atoms with van der Waals surface area (Å²) in [5, 5.41) is 12.9. The molecular weight excluding hydrogens is 439 g/mol. The molecule has 6 nitrogen and oxygen atoms in total. The summed E-state index contributed by atoms with van der Waals surface area (Å²) in [5.41, 5.74) is 1.25. The van der Waals surface area contributed by atoms with Crippen LogP contribution in [0.3, 0.4) is 0 Å². The van der Waals surface area contributed by atoms with Crippen LogP contribution in [-0.2, 0) is 11.3 Å². The second-order valence-corrected chi connectivity index (χ2v) is 7.12. The number of nitrogens with zero attached hydrogens (tertiary/aromatic N) is 1. The third-order valence-corrected chi connectivity index (χ3v) is 5.25. The number of hydrogen-bond donors (Lipinski definition) is 1. The monoisotopic (exact) mass is 456 g/mol. The zero-order valence-electron chi connectivity index (χ0n) is 16.7. The Morgan fingerprint density at radius 3 is 2.68 bits per heavy atom. The molecule has 0 atom stereocenters. The zero-order chi connectivity index (χ0) is 22.4. The smallest absolute Gasteiger partial charge is 0.262 e. The highest BCUT2D eigenvalue weighted by Crippen LogP contribution is 2.34. The summed E-state index contributed by atoms with van der Waals surface area (Å²) >= 11 is 12.3.